The zero-order chi connectivity index (χ0) is 12.8. The molecule has 0 aliphatic rings. The number of rotatable bonds is 6. The summed E-state index contributed by atoms with van der Waals surface area (Å²) in [5.74, 6) is -0.597. The summed E-state index contributed by atoms with van der Waals surface area (Å²) in [6.07, 6.45) is 1.26. The first-order valence-electron chi connectivity index (χ1n) is 5.61. The van der Waals surface area contributed by atoms with Gasteiger partial charge in [0.2, 0.25) is 0 Å². The summed E-state index contributed by atoms with van der Waals surface area (Å²) in [6.45, 7) is 2.23. The first-order valence-corrected chi connectivity index (χ1v) is 5.61. The van der Waals surface area contributed by atoms with Gasteiger partial charge in [-0.2, -0.15) is 0 Å². The minimum atomic E-state index is -0.591. The van der Waals surface area contributed by atoms with Crippen LogP contribution in [0.3, 0.4) is 0 Å². The Morgan fingerprint density at radius 2 is 2.24 bits per heavy atom. The minimum absolute atomic E-state index is 0.222. The number of ketones is 1. The van der Waals surface area contributed by atoms with Crippen molar-refractivity contribution in [3.8, 4) is 0 Å². The van der Waals surface area contributed by atoms with E-state index in [-0.39, 0.29) is 11.6 Å². The molecule has 1 rings (SSSR count). The van der Waals surface area contributed by atoms with Gasteiger partial charge in [-0.1, -0.05) is 12.1 Å². The van der Waals surface area contributed by atoms with Crippen LogP contribution in [0, 0.1) is 12.7 Å². The normalized spacial score (nSPS) is 12.5. The van der Waals surface area contributed by atoms with Crippen LogP contribution in [0.25, 0.3) is 0 Å². The van der Waals surface area contributed by atoms with Crippen molar-refractivity contribution >= 4 is 5.78 Å². The number of carbonyl (C=O) groups is 1. The zero-order valence-corrected chi connectivity index (χ0v) is 10.2. The lowest BCUT2D eigenvalue weighted by molar-refractivity contribution is 0.0950. The molecule has 1 unspecified atom stereocenters. The summed E-state index contributed by atoms with van der Waals surface area (Å²) in [6, 6.07) is 3.85. The predicted molar refractivity (Wildman–Crippen MR) is 64.6 cm³/mol. The van der Waals surface area contributed by atoms with E-state index in [0.717, 1.165) is 6.42 Å². The van der Waals surface area contributed by atoms with E-state index in [4.69, 9.17) is 10.5 Å². The Morgan fingerprint density at radius 1 is 1.53 bits per heavy atom. The molecule has 0 saturated heterocycles. The van der Waals surface area contributed by atoms with Crippen LogP contribution in [0.2, 0.25) is 0 Å². The van der Waals surface area contributed by atoms with Crippen molar-refractivity contribution in [2.24, 2.45) is 5.73 Å². The quantitative estimate of drug-likeness (QED) is 0.610. The van der Waals surface area contributed by atoms with Gasteiger partial charge in [0.15, 0.2) is 5.78 Å². The molecule has 1 aromatic carbocycles. The van der Waals surface area contributed by atoms with Crippen LogP contribution >= 0.6 is 0 Å². The third-order valence-electron chi connectivity index (χ3n) is 2.66. The van der Waals surface area contributed by atoms with E-state index >= 15 is 0 Å². The molecule has 1 atom stereocenters. The largest absolute Gasteiger partial charge is 0.385 e. The third kappa shape index (κ3) is 3.91. The molecule has 0 aromatic heterocycles. The van der Waals surface area contributed by atoms with Crippen molar-refractivity contribution in [3.63, 3.8) is 0 Å². The van der Waals surface area contributed by atoms with Gasteiger partial charge in [-0.25, -0.2) is 4.39 Å². The molecule has 0 spiro atoms. The Bertz CT molecular complexity index is 393. The number of Topliss-reactive ketones (excluding diaryl/α,β-unsaturated/α-hetero) is 1. The Morgan fingerprint density at radius 3 is 2.82 bits per heavy atom. The second-order valence-electron chi connectivity index (χ2n) is 4.07. The van der Waals surface area contributed by atoms with Gasteiger partial charge in [0.1, 0.15) is 5.82 Å². The van der Waals surface area contributed by atoms with Crippen LogP contribution in [0.15, 0.2) is 18.2 Å². The first-order chi connectivity index (χ1) is 8.06. The molecule has 0 bridgehead atoms. The summed E-state index contributed by atoms with van der Waals surface area (Å²) in [4.78, 5) is 11.9. The van der Waals surface area contributed by atoms with Crippen LogP contribution in [0.4, 0.5) is 4.39 Å². The summed E-state index contributed by atoms with van der Waals surface area (Å²) < 4.78 is 18.2. The molecular weight excluding hydrogens is 221 g/mol. The van der Waals surface area contributed by atoms with Gasteiger partial charge in [0.25, 0.3) is 0 Å². The predicted octanol–water partition coefficient (Wildman–Crippen LogP) is 2.07. The van der Waals surface area contributed by atoms with Crippen molar-refractivity contribution in [2.45, 2.75) is 25.8 Å². The Labute approximate surface area is 101 Å². The molecule has 1 aromatic rings. The molecule has 0 fully saturated rings. The van der Waals surface area contributed by atoms with Crippen molar-refractivity contribution < 1.29 is 13.9 Å². The highest BCUT2D eigenvalue weighted by molar-refractivity contribution is 5.99. The van der Waals surface area contributed by atoms with Gasteiger partial charge in [0.05, 0.1) is 6.04 Å². The van der Waals surface area contributed by atoms with Crippen molar-refractivity contribution in [3.05, 3.63) is 35.1 Å². The number of aryl methyl sites for hydroxylation is 1. The summed E-state index contributed by atoms with van der Waals surface area (Å²) in [5, 5.41) is 0. The van der Waals surface area contributed by atoms with E-state index in [1.165, 1.54) is 6.07 Å². The highest BCUT2D eigenvalue weighted by Gasteiger charge is 2.16. The molecule has 0 radical (unpaired) electrons. The van der Waals surface area contributed by atoms with Crippen LogP contribution < -0.4 is 5.73 Å². The number of halogens is 1. The monoisotopic (exact) mass is 239 g/mol. The molecule has 0 saturated carbocycles. The number of nitrogens with two attached hydrogens (primary N) is 1. The topological polar surface area (TPSA) is 52.3 Å². The van der Waals surface area contributed by atoms with E-state index in [2.05, 4.69) is 0 Å². The van der Waals surface area contributed by atoms with Crippen LogP contribution in [0.5, 0.6) is 0 Å². The standard InChI is InChI=1S/C13H18FNO2/c1-9-5-6-10(8-11(9)14)13(16)12(15)4-3-7-17-2/h5-6,8,12H,3-4,7,15H2,1-2H3. The van der Waals surface area contributed by atoms with E-state index in [0.29, 0.717) is 24.2 Å². The molecule has 0 aliphatic carbocycles. The lowest BCUT2D eigenvalue weighted by Gasteiger charge is -2.10. The second-order valence-corrected chi connectivity index (χ2v) is 4.07. The lowest BCUT2D eigenvalue weighted by Crippen LogP contribution is -2.30. The van der Waals surface area contributed by atoms with Gasteiger partial charge >= 0.3 is 0 Å². The average molecular weight is 239 g/mol. The molecule has 17 heavy (non-hydrogen) atoms. The van der Waals surface area contributed by atoms with E-state index in [9.17, 15) is 9.18 Å². The van der Waals surface area contributed by atoms with Crippen molar-refractivity contribution in [1.82, 2.24) is 0 Å². The van der Waals surface area contributed by atoms with E-state index in [1.807, 2.05) is 0 Å². The van der Waals surface area contributed by atoms with Gasteiger partial charge in [-0.3, -0.25) is 4.79 Å². The molecule has 4 heteroatoms. The molecule has 0 heterocycles. The molecule has 0 amide bonds. The van der Waals surface area contributed by atoms with E-state index in [1.54, 1.807) is 26.2 Å². The maximum atomic E-state index is 13.3. The van der Waals surface area contributed by atoms with Gasteiger partial charge < -0.3 is 10.5 Å². The number of hydrogen-bond acceptors (Lipinski definition) is 3. The number of hydrogen-bond donors (Lipinski definition) is 1. The summed E-state index contributed by atoms with van der Waals surface area (Å²) in [7, 11) is 1.60. The molecule has 94 valence electrons. The van der Waals surface area contributed by atoms with Crippen molar-refractivity contribution in [1.29, 1.82) is 0 Å². The maximum Gasteiger partial charge on any atom is 0.179 e. The third-order valence-corrected chi connectivity index (χ3v) is 2.66. The summed E-state index contributed by atoms with van der Waals surface area (Å²) >= 11 is 0. The molecular formula is C13H18FNO2. The lowest BCUT2D eigenvalue weighted by atomic mass is 10.00. The van der Waals surface area contributed by atoms with Crippen LogP contribution in [-0.2, 0) is 4.74 Å². The van der Waals surface area contributed by atoms with Gasteiger partial charge in [-0.05, 0) is 31.4 Å². The highest BCUT2D eigenvalue weighted by atomic mass is 19.1. The maximum absolute atomic E-state index is 13.3. The molecule has 0 aliphatic heterocycles. The van der Waals surface area contributed by atoms with E-state index < -0.39 is 6.04 Å². The number of ether oxygens (including phenoxy) is 1. The molecule has 2 N–H and O–H groups in total. The summed E-state index contributed by atoms with van der Waals surface area (Å²) in [5.41, 5.74) is 6.60. The number of methoxy groups -OCH3 is 1. The number of carbonyl (C=O) groups excluding carboxylic acids is 1. The van der Waals surface area contributed by atoms with Gasteiger partial charge in [0, 0.05) is 19.3 Å². The smallest absolute Gasteiger partial charge is 0.179 e. The fraction of sp³-hybridized carbons (Fsp3) is 0.462. The highest BCUT2D eigenvalue weighted by Crippen LogP contribution is 2.12. The Kier molecular flexibility index (Phi) is 5.25. The van der Waals surface area contributed by atoms with Gasteiger partial charge in [-0.15, -0.1) is 0 Å². The number of benzene rings is 1. The minimum Gasteiger partial charge on any atom is -0.385 e. The Balaban J connectivity index is 2.65. The average Bonchev–Trinajstić information content (AvgIpc) is 2.32. The zero-order valence-electron chi connectivity index (χ0n) is 10.2. The first kappa shape index (κ1) is 13.8. The van der Waals surface area contributed by atoms with Crippen molar-refractivity contribution in [2.75, 3.05) is 13.7 Å². The second kappa shape index (κ2) is 6.47. The fourth-order valence-electron chi connectivity index (χ4n) is 1.54. The van der Waals surface area contributed by atoms with Crippen LogP contribution in [-0.4, -0.2) is 25.5 Å². The Hall–Kier alpha value is -1.26. The SMILES string of the molecule is COCCCC(N)C(=O)c1ccc(C)c(F)c1. The van der Waals surface area contributed by atoms with Crippen LogP contribution in [0.1, 0.15) is 28.8 Å². The molecule has 3 nitrogen and oxygen atoms in total. The fourth-order valence-corrected chi connectivity index (χ4v) is 1.54.